The molecule has 13 heteroatoms. The number of rotatable bonds is 10. The number of ether oxygens (including phenoxy) is 2. The molecule has 1 saturated heterocycles. The van der Waals surface area contributed by atoms with E-state index < -0.39 is 17.7 Å². The minimum atomic E-state index is -0.470. The number of Topliss-reactive ketones (excluding diaryl/α,β-unsaturated/α-hetero) is 1. The van der Waals surface area contributed by atoms with Gasteiger partial charge < -0.3 is 25.0 Å². The van der Waals surface area contributed by atoms with Crippen LogP contribution in [0.3, 0.4) is 0 Å². The molecule has 0 aromatic heterocycles. The van der Waals surface area contributed by atoms with Gasteiger partial charge in [-0.25, -0.2) is 0 Å². The molecule has 0 aromatic carbocycles. The van der Waals surface area contributed by atoms with Crippen LogP contribution in [0, 0.1) is 0 Å². The van der Waals surface area contributed by atoms with E-state index in [4.69, 9.17) is 9.47 Å². The molecule has 0 atom stereocenters. The maximum atomic E-state index is 11.8. The van der Waals surface area contributed by atoms with E-state index in [1.165, 1.54) is 6.92 Å². The summed E-state index contributed by atoms with van der Waals surface area (Å²) in [6.45, 7) is 15.4. The second-order valence-corrected chi connectivity index (χ2v) is 11.1. The molecule has 2 rings (SSSR count). The third-order valence-corrected chi connectivity index (χ3v) is 5.24. The Bertz CT molecular complexity index is 910. The summed E-state index contributed by atoms with van der Waals surface area (Å²) in [5.74, 6) is -1.71. The van der Waals surface area contributed by atoms with Crippen LogP contribution in [-0.4, -0.2) is 114 Å². The van der Waals surface area contributed by atoms with E-state index in [2.05, 4.69) is 10.6 Å². The van der Waals surface area contributed by atoms with Gasteiger partial charge in [-0.3, -0.25) is 38.6 Å². The van der Waals surface area contributed by atoms with Crippen molar-refractivity contribution in [3.05, 3.63) is 12.2 Å². The van der Waals surface area contributed by atoms with Crippen LogP contribution in [-0.2, 0) is 38.2 Å². The molecule has 0 aliphatic carbocycles. The largest absolute Gasteiger partial charge is 0.356 e. The van der Waals surface area contributed by atoms with E-state index >= 15 is 0 Å². The molecule has 0 radical (unpaired) electrons. The first kappa shape index (κ1) is 33.9. The first-order valence-electron chi connectivity index (χ1n) is 12.8. The van der Waals surface area contributed by atoms with Gasteiger partial charge in [0.05, 0.1) is 24.2 Å². The minimum absolute atomic E-state index is 0.0371. The Morgan fingerprint density at radius 3 is 1.62 bits per heavy atom. The molecule has 1 fully saturated rings. The van der Waals surface area contributed by atoms with Crippen molar-refractivity contribution in [2.75, 3.05) is 52.7 Å². The Kier molecular flexibility index (Phi) is 13.4. The molecule has 0 aromatic rings. The van der Waals surface area contributed by atoms with Crippen molar-refractivity contribution in [3.63, 3.8) is 0 Å². The topological polar surface area (TPSA) is 155 Å². The molecule has 0 saturated carbocycles. The Labute approximate surface area is 230 Å². The van der Waals surface area contributed by atoms with Crippen LogP contribution < -0.4 is 10.6 Å². The van der Waals surface area contributed by atoms with Gasteiger partial charge in [-0.2, -0.15) is 0 Å². The highest BCUT2D eigenvalue weighted by Gasteiger charge is 2.26. The van der Waals surface area contributed by atoms with Crippen molar-refractivity contribution in [2.45, 2.75) is 66.1 Å². The highest BCUT2D eigenvalue weighted by atomic mass is 16.5. The van der Waals surface area contributed by atoms with E-state index in [9.17, 15) is 28.8 Å². The van der Waals surface area contributed by atoms with E-state index in [1.807, 2.05) is 46.4 Å². The number of nitrogens with one attached hydrogen (secondary N) is 2. The van der Waals surface area contributed by atoms with Crippen molar-refractivity contribution in [1.82, 2.24) is 25.3 Å². The van der Waals surface area contributed by atoms with Gasteiger partial charge in [-0.15, -0.1) is 0 Å². The van der Waals surface area contributed by atoms with Crippen LogP contribution in [0.4, 0.5) is 0 Å². The van der Waals surface area contributed by atoms with E-state index in [0.29, 0.717) is 32.7 Å². The first-order chi connectivity index (χ1) is 18.0. The molecule has 220 valence electrons. The number of ketones is 1. The minimum Gasteiger partial charge on any atom is -0.356 e. The average Bonchev–Trinajstić information content (AvgIpc) is 3.10. The molecule has 39 heavy (non-hydrogen) atoms. The van der Waals surface area contributed by atoms with Crippen LogP contribution in [0.1, 0.15) is 54.9 Å². The van der Waals surface area contributed by atoms with Crippen molar-refractivity contribution in [1.29, 1.82) is 0 Å². The Hall–Kier alpha value is -3.16. The third-order valence-electron chi connectivity index (χ3n) is 5.24. The lowest BCUT2D eigenvalue weighted by molar-refractivity contribution is -0.142. The molecule has 2 aliphatic heterocycles. The first-order valence-corrected chi connectivity index (χ1v) is 12.8. The predicted octanol–water partition coefficient (Wildman–Crippen LogP) is -0.201. The van der Waals surface area contributed by atoms with Gasteiger partial charge in [-0.1, -0.05) is 0 Å². The molecule has 2 N–H and O–H groups in total. The lowest BCUT2D eigenvalue weighted by atomic mass is 10.2. The number of carbonyl (C=O) groups excluding carboxylic acids is 6. The summed E-state index contributed by atoms with van der Waals surface area (Å²) in [4.78, 5) is 72.8. The number of imide groups is 1. The van der Waals surface area contributed by atoms with Crippen LogP contribution in [0.5, 0.6) is 0 Å². The van der Waals surface area contributed by atoms with Crippen LogP contribution in [0.25, 0.3) is 0 Å². The summed E-state index contributed by atoms with van der Waals surface area (Å²) in [6, 6.07) is 0. The zero-order chi connectivity index (χ0) is 29.8. The normalized spacial score (nSPS) is 16.1. The van der Waals surface area contributed by atoms with E-state index in [0.717, 1.165) is 17.1 Å². The highest BCUT2D eigenvalue weighted by molar-refractivity contribution is 6.14. The quantitative estimate of drug-likeness (QED) is 0.213. The second-order valence-electron chi connectivity index (χ2n) is 11.1. The molecule has 0 spiro atoms. The highest BCUT2D eigenvalue weighted by Crippen LogP contribution is 2.07. The number of amides is 5. The number of nitrogens with zero attached hydrogens (tertiary/aromatic N) is 3. The number of carbonyl (C=O) groups is 6. The standard InChI is InChI=1S/C15H27N3O4.C11H16N2O4/c1-12(19)9-14(21)18-7-5-17(6-8-18)10-13(20)16-11-22-15(2,3)4;1-11(2,3)17-7-12-8(14)6-13-9(15)4-5-10(13)16/h5-11H2,1-4H3,(H,16,20);4-5H,6-7H2,1-3H3,(H,12,14). The SMILES string of the molecule is CC(=O)CC(=O)N1CCN(CC(=O)NCOC(C)(C)C)CC1.CC(C)(C)OCNC(=O)CN1C(=O)C=CC1=O. The summed E-state index contributed by atoms with van der Waals surface area (Å²) in [6.07, 6.45) is 2.24. The van der Waals surface area contributed by atoms with Gasteiger partial charge in [0, 0.05) is 38.3 Å². The summed E-state index contributed by atoms with van der Waals surface area (Å²) in [5, 5.41) is 5.19. The van der Waals surface area contributed by atoms with E-state index in [-0.39, 0.29) is 55.2 Å². The van der Waals surface area contributed by atoms with Crippen molar-refractivity contribution >= 4 is 35.3 Å². The fraction of sp³-hybridized carbons (Fsp3) is 0.692. The van der Waals surface area contributed by atoms with Gasteiger partial charge >= 0.3 is 0 Å². The second kappa shape index (κ2) is 15.4. The lowest BCUT2D eigenvalue weighted by Crippen LogP contribution is -2.51. The van der Waals surface area contributed by atoms with Gasteiger partial charge in [-0.05, 0) is 48.5 Å². The molecular weight excluding hydrogens is 510 g/mol. The van der Waals surface area contributed by atoms with Crippen LogP contribution in [0.15, 0.2) is 12.2 Å². The molecule has 0 unspecified atom stereocenters. The summed E-state index contributed by atoms with van der Waals surface area (Å²) >= 11 is 0. The van der Waals surface area contributed by atoms with Gasteiger partial charge in [0.1, 0.15) is 25.8 Å². The zero-order valence-corrected chi connectivity index (χ0v) is 24.1. The smallest absolute Gasteiger partial charge is 0.254 e. The van der Waals surface area contributed by atoms with Gasteiger partial charge in [0.25, 0.3) is 11.8 Å². The summed E-state index contributed by atoms with van der Waals surface area (Å²) in [5.41, 5.74) is -0.635. The Balaban J connectivity index is 0.000000403. The molecule has 2 aliphatic rings. The fourth-order valence-corrected chi connectivity index (χ4v) is 3.19. The summed E-state index contributed by atoms with van der Waals surface area (Å²) < 4.78 is 10.7. The van der Waals surface area contributed by atoms with Crippen LogP contribution in [0.2, 0.25) is 0 Å². The lowest BCUT2D eigenvalue weighted by Gasteiger charge is -2.34. The third kappa shape index (κ3) is 15.1. The van der Waals surface area contributed by atoms with Crippen molar-refractivity contribution in [3.8, 4) is 0 Å². The maximum absolute atomic E-state index is 11.8. The molecular formula is C26H43N5O8. The van der Waals surface area contributed by atoms with Crippen molar-refractivity contribution in [2.24, 2.45) is 0 Å². The fourth-order valence-electron chi connectivity index (χ4n) is 3.19. The Morgan fingerprint density at radius 2 is 1.21 bits per heavy atom. The number of hydrogen-bond acceptors (Lipinski definition) is 9. The van der Waals surface area contributed by atoms with E-state index in [1.54, 1.807) is 4.90 Å². The monoisotopic (exact) mass is 553 g/mol. The van der Waals surface area contributed by atoms with Gasteiger partial charge in [0.2, 0.25) is 17.7 Å². The molecule has 5 amide bonds. The molecule has 13 nitrogen and oxygen atoms in total. The number of piperazine rings is 1. The van der Waals surface area contributed by atoms with Gasteiger partial charge in [0.15, 0.2) is 0 Å². The average molecular weight is 554 g/mol. The predicted molar refractivity (Wildman–Crippen MR) is 142 cm³/mol. The maximum Gasteiger partial charge on any atom is 0.254 e. The Morgan fingerprint density at radius 1 is 0.769 bits per heavy atom. The zero-order valence-electron chi connectivity index (χ0n) is 24.1. The molecule has 0 bridgehead atoms. The molecule has 2 heterocycles. The van der Waals surface area contributed by atoms with Crippen LogP contribution >= 0.6 is 0 Å². The summed E-state index contributed by atoms with van der Waals surface area (Å²) in [7, 11) is 0. The number of hydrogen-bond donors (Lipinski definition) is 2. The van der Waals surface area contributed by atoms with Crippen molar-refractivity contribution < 1.29 is 38.2 Å².